The summed E-state index contributed by atoms with van der Waals surface area (Å²) in [6.07, 6.45) is 3.10. The van der Waals surface area contributed by atoms with E-state index in [0.29, 0.717) is 98.5 Å². The minimum atomic E-state index is -3.67. The molecule has 6 N–H and O–H groups in total. The molecular formula is C67H86N10O14S+2. The summed E-state index contributed by atoms with van der Waals surface area (Å²) in [4.78, 5) is 71.1. The maximum absolute atomic E-state index is 13.8. The van der Waals surface area contributed by atoms with Crippen LogP contribution in [0, 0.1) is 13.8 Å². The van der Waals surface area contributed by atoms with Gasteiger partial charge in [0.1, 0.15) is 59.7 Å². The Bertz CT molecular complexity index is 4730. The molecule has 0 atom stereocenters. The van der Waals surface area contributed by atoms with Gasteiger partial charge in [-0.15, -0.1) is 0 Å². The van der Waals surface area contributed by atoms with Crippen molar-refractivity contribution in [1.82, 2.24) is 38.0 Å². The van der Waals surface area contributed by atoms with Gasteiger partial charge < -0.3 is 44.4 Å². The van der Waals surface area contributed by atoms with Crippen LogP contribution >= 0.6 is 0 Å². The quantitative estimate of drug-likeness (QED) is 0.0425. The van der Waals surface area contributed by atoms with Crippen molar-refractivity contribution < 1.29 is 61.8 Å². The van der Waals surface area contributed by atoms with E-state index in [1.165, 1.54) is 36.4 Å². The molecule has 1 aliphatic heterocycles. The van der Waals surface area contributed by atoms with Crippen molar-refractivity contribution in [2.24, 2.45) is 35.2 Å². The number of carbonyl (C=O) groups is 2. The maximum Gasteiger partial charge on any atom is 0.332 e. The molecule has 92 heavy (non-hydrogen) atoms. The molecule has 10 rings (SSSR count). The summed E-state index contributed by atoms with van der Waals surface area (Å²) in [5.41, 5.74) is 2.31. The Hall–Kier alpha value is -9.07. The van der Waals surface area contributed by atoms with Gasteiger partial charge in [0.25, 0.3) is 11.1 Å². The van der Waals surface area contributed by atoms with E-state index in [4.69, 9.17) is 9.72 Å². The smallest absolute Gasteiger partial charge is 0.332 e. The van der Waals surface area contributed by atoms with Crippen LogP contribution in [0.25, 0.3) is 66.3 Å². The van der Waals surface area contributed by atoms with E-state index >= 15 is 0 Å². The van der Waals surface area contributed by atoms with E-state index in [1.807, 2.05) is 48.5 Å². The first-order valence-corrected chi connectivity index (χ1v) is 31.7. The van der Waals surface area contributed by atoms with E-state index in [1.54, 1.807) is 88.7 Å². The lowest BCUT2D eigenvalue weighted by Crippen LogP contribution is -2.64. The second kappa shape index (κ2) is 24.2. The minimum Gasteiger partial charge on any atom is -0.507 e. The molecule has 0 bridgehead atoms. The molecule has 0 saturated carbocycles. The fourth-order valence-corrected chi connectivity index (χ4v) is 14.2. The van der Waals surface area contributed by atoms with Crippen LogP contribution < -0.4 is 21.5 Å². The molecule has 1 fully saturated rings. The highest BCUT2D eigenvalue weighted by molar-refractivity contribution is 7.86. The zero-order chi connectivity index (χ0) is 68.9. The van der Waals surface area contributed by atoms with Gasteiger partial charge in [0.05, 0.1) is 56.5 Å². The molecule has 0 unspecified atom stereocenters. The monoisotopic (exact) mass is 1290 g/mol. The van der Waals surface area contributed by atoms with Crippen molar-refractivity contribution >= 4 is 65.3 Å². The number of hydrogen-bond acceptors (Lipinski definition) is 17. The molecule has 5 heterocycles. The molecule has 492 valence electrons. The third kappa shape index (κ3) is 11.5. The second-order valence-corrected chi connectivity index (χ2v) is 29.2. The molecule has 24 nitrogen and oxygen atoms in total. The number of aromatic nitrogens is 8. The molecule has 0 radical (unpaired) electrons. The van der Waals surface area contributed by atoms with Crippen LogP contribution in [0.1, 0.15) is 124 Å². The molecule has 1 aliphatic rings. The number of rotatable bonds is 10. The first kappa shape index (κ1) is 68.8. The van der Waals surface area contributed by atoms with Crippen molar-refractivity contribution in [3.63, 3.8) is 0 Å². The van der Waals surface area contributed by atoms with Gasteiger partial charge in [0.2, 0.25) is 0 Å². The van der Waals surface area contributed by atoms with Crippen molar-refractivity contribution in [2.75, 3.05) is 53.9 Å². The normalized spacial score (nSPS) is 14.1. The number of Topliss-reactive ketones (excluding diaryl/α,β-unsaturated/α-hetero) is 2. The van der Waals surface area contributed by atoms with Gasteiger partial charge in [0, 0.05) is 74.3 Å². The molecule has 25 heteroatoms. The lowest BCUT2D eigenvalue weighted by Gasteiger charge is -2.42. The third-order valence-electron chi connectivity index (χ3n) is 17.6. The number of ketones is 2. The van der Waals surface area contributed by atoms with Gasteiger partial charge in [-0.25, -0.2) is 18.7 Å². The van der Waals surface area contributed by atoms with E-state index in [-0.39, 0.29) is 58.6 Å². The number of aromatic hydroxyl groups is 6. The molecule has 9 aromatic rings. The van der Waals surface area contributed by atoms with Crippen LogP contribution in [0.4, 0.5) is 0 Å². The van der Waals surface area contributed by atoms with E-state index < -0.39 is 66.9 Å². The zero-order valence-electron chi connectivity index (χ0n) is 56.2. The van der Waals surface area contributed by atoms with Crippen LogP contribution in [0.5, 0.6) is 40.2 Å². The van der Waals surface area contributed by atoms with Gasteiger partial charge in [-0.2, -0.15) is 13.5 Å². The van der Waals surface area contributed by atoms with E-state index in [0.717, 1.165) is 34.3 Å². The zero-order valence-corrected chi connectivity index (χ0v) is 57.1. The summed E-state index contributed by atoms with van der Waals surface area (Å²) in [7, 11) is 10.6. The molecule has 0 spiro atoms. The van der Waals surface area contributed by atoms with Gasteiger partial charge >= 0.3 is 15.7 Å². The number of benzene rings is 5. The highest BCUT2D eigenvalue weighted by atomic mass is 32.2. The Morgan fingerprint density at radius 3 is 1.58 bits per heavy atom. The SMILES string of the molecule is CC(=O)c1c(O)c(O)c(C(C)(C)C)c2cc(C)c(-c3c(C)cc4c(C(C)(C)C)c(O)c(O)c(C(C)=O)c4c3O)c(O)c12.CCCc1nn(C)c2c(=O)n(C)c(-c3ccc(S(=O)(=O)[N+]4(C)CC[N+](C)(C)CC4)cc3OCC)nc12.Cn1c(=O)c2c(ncn2C)n(C)c1=O. The lowest BCUT2D eigenvalue weighted by atomic mass is 9.77. The van der Waals surface area contributed by atoms with Gasteiger partial charge in [-0.3, -0.25) is 37.6 Å². The number of sulfonamides is 1. The van der Waals surface area contributed by atoms with Crippen LogP contribution in [0.15, 0.2) is 55.9 Å². The summed E-state index contributed by atoms with van der Waals surface area (Å²) >= 11 is 0. The predicted octanol–water partition coefficient (Wildman–Crippen LogP) is 8.39. The number of quaternary nitrogens is 2. The number of hydrogen-bond donors (Lipinski definition) is 6. The van der Waals surface area contributed by atoms with Crippen LogP contribution in [0.3, 0.4) is 0 Å². The fourth-order valence-electron chi connectivity index (χ4n) is 12.6. The number of nitrogens with zero attached hydrogens (tertiary/aromatic N) is 10. The summed E-state index contributed by atoms with van der Waals surface area (Å²) < 4.78 is 41.3. The van der Waals surface area contributed by atoms with Crippen LogP contribution in [-0.2, 0) is 62.5 Å². The largest absolute Gasteiger partial charge is 0.507 e. The molecule has 5 aromatic carbocycles. The number of fused-ring (bicyclic) bond motifs is 4. The number of imidazole rings is 1. The van der Waals surface area contributed by atoms with Crippen molar-refractivity contribution in [1.29, 1.82) is 0 Å². The topological polar surface area (TPSA) is 313 Å². The minimum absolute atomic E-state index is 0.0120. The summed E-state index contributed by atoms with van der Waals surface area (Å²) in [6, 6.07) is 8.26. The van der Waals surface area contributed by atoms with Gasteiger partial charge in [-0.05, 0) is 85.9 Å². The Kier molecular flexibility index (Phi) is 18.1. The molecular weight excluding hydrogens is 1200 g/mol. The van der Waals surface area contributed by atoms with E-state index in [9.17, 15) is 63.0 Å². The Morgan fingerprint density at radius 2 is 1.13 bits per heavy atom. The Labute approximate surface area is 533 Å². The lowest BCUT2D eigenvalue weighted by molar-refractivity contribution is -0.960. The third-order valence-corrected chi connectivity index (χ3v) is 19.9. The predicted molar refractivity (Wildman–Crippen MR) is 354 cm³/mol. The number of phenols is 6. The highest BCUT2D eigenvalue weighted by Gasteiger charge is 2.46. The highest BCUT2D eigenvalue weighted by Crippen LogP contribution is 2.56. The van der Waals surface area contributed by atoms with E-state index in [2.05, 4.69) is 31.1 Å². The molecule has 0 aliphatic carbocycles. The second-order valence-electron chi connectivity index (χ2n) is 26.9. The van der Waals surface area contributed by atoms with Crippen LogP contribution in [-0.4, -0.2) is 151 Å². The Morgan fingerprint density at radius 1 is 0.652 bits per heavy atom. The first-order valence-electron chi connectivity index (χ1n) is 30.2. The number of phenolic OH excluding ortho intramolecular Hbond substituents is 6. The summed E-state index contributed by atoms with van der Waals surface area (Å²) in [6.45, 7) is 23.7. The number of aryl methyl sites for hydroxylation is 6. The maximum atomic E-state index is 13.8. The first-order chi connectivity index (χ1) is 42.5. The van der Waals surface area contributed by atoms with Crippen molar-refractivity contribution in [3.05, 3.63) is 107 Å². The summed E-state index contributed by atoms with van der Waals surface area (Å²) in [5, 5.41) is 72.9. The van der Waals surface area contributed by atoms with Gasteiger partial charge in [-0.1, -0.05) is 67.0 Å². The Balaban J connectivity index is 0.000000197. The van der Waals surface area contributed by atoms with Crippen LogP contribution in [0.2, 0.25) is 0 Å². The number of likely N-dealkylation sites (N-methyl/N-ethyl adjacent to an activating group) is 2. The molecule has 0 amide bonds. The number of piperazine rings is 1. The average molecular weight is 1290 g/mol. The number of ether oxygens (including phenoxy) is 1. The molecule has 4 aromatic heterocycles. The number of carbonyl (C=O) groups excluding carboxylic acids is 2. The van der Waals surface area contributed by atoms with Crippen molar-refractivity contribution in [2.45, 2.75) is 112 Å². The van der Waals surface area contributed by atoms with Crippen molar-refractivity contribution in [3.8, 4) is 62.8 Å². The average Bonchev–Trinajstić information content (AvgIpc) is 0.989. The molecule has 1 saturated heterocycles. The van der Waals surface area contributed by atoms with Gasteiger partial charge in [0.15, 0.2) is 51.2 Å². The fraction of sp³-hybridized carbons (Fsp3) is 0.433. The summed E-state index contributed by atoms with van der Waals surface area (Å²) in [5.74, 6) is -3.39. The standard InChI is InChI=1S/C34H38O8.C25H38N6O4S.C8H10N4O2/c1-13-11-17-23(21(15(3)35)29(39)31(41)25(17)33(5,6)7)27(37)19(13)20-14(2)12-18-24(28(20)38)22(16(4)36)30(40)32(42)26(18)34(8,9)10;1-8-10-20-22-23(29(4)27-20)25(32)28(3)24(26-22)19-12-11-18(17-21(19)35-9-2)36(33,34)31(7)15-13-30(5,6)14-16-31;1-10-4-9-6-5(10)7(13)12(3)8(14)11(6)2/h11-12,37-42H,1-10H3;11-12,17H,8-10,13-16H2,1-7H3;4H,1-3H3/q;+2;.